The van der Waals surface area contributed by atoms with Crippen LogP contribution in [0.1, 0.15) is 18.4 Å². The van der Waals surface area contributed by atoms with Crippen LogP contribution in [-0.4, -0.2) is 68.8 Å². The minimum absolute atomic E-state index is 0.0658. The molecule has 2 aromatic rings. The molecule has 1 spiro atoms. The molecule has 1 saturated carbocycles. The summed E-state index contributed by atoms with van der Waals surface area (Å²) in [4.78, 5) is 16.2. The predicted molar refractivity (Wildman–Crippen MR) is 123 cm³/mol. The summed E-state index contributed by atoms with van der Waals surface area (Å²) in [5.74, 6) is -5.15. The third-order valence-corrected chi connectivity index (χ3v) is 8.41. The largest absolute Gasteiger partial charge is 0.488 e. The Morgan fingerprint density at radius 3 is 2.50 bits per heavy atom. The Morgan fingerprint density at radius 2 is 1.81 bits per heavy atom. The van der Waals surface area contributed by atoms with Crippen molar-refractivity contribution < 1.29 is 35.5 Å². The molecule has 2 bridgehead atoms. The van der Waals surface area contributed by atoms with Crippen LogP contribution < -0.4 is 9.46 Å². The zero-order valence-corrected chi connectivity index (χ0v) is 20.2. The molecule has 3 aliphatic rings. The van der Waals surface area contributed by atoms with Gasteiger partial charge in [-0.1, -0.05) is 30.3 Å². The molecule has 0 aromatic heterocycles. The Labute approximate surface area is 206 Å². The van der Waals surface area contributed by atoms with Gasteiger partial charge in [-0.25, -0.2) is 26.7 Å². The molecule has 2 heterocycles. The lowest BCUT2D eigenvalue weighted by Gasteiger charge is -2.32. The fourth-order valence-electron chi connectivity index (χ4n) is 5.28. The van der Waals surface area contributed by atoms with Gasteiger partial charge in [0.2, 0.25) is 0 Å². The van der Waals surface area contributed by atoms with Crippen LogP contribution in [0.4, 0.5) is 22.4 Å². The van der Waals surface area contributed by atoms with Crippen molar-refractivity contribution >= 4 is 16.1 Å². The lowest BCUT2D eigenvalue weighted by Crippen LogP contribution is -2.52. The quantitative estimate of drug-likeness (QED) is 0.619. The fraction of sp³-hybridized carbons (Fsp3) is 0.458. The molecule has 1 aliphatic carbocycles. The van der Waals surface area contributed by atoms with Gasteiger partial charge in [0.05, 0.1) is 18.6 Å². The van der Waals surface area contributed by atoms with Gasteiger partial charge in [0.15, 0.2) is 11.6 Å². The van der Waals surface area contributed by atoms with E-state index in [0.717, 1.165) is 0 Å². The van der Waals surface area contributed by atoms with Crippen LogP contribution in [0, 0.1) is 17.0 Å². The van der Waals surface area contributed by atoms with Crippen LogP contribution in [0.5, 0.6) is 5.75 Å². The molecular weight excluding hydrogens is 502 g/mol. The van der Waals surface area contributed by atoms with Crippen LogP contribution in [0.2, 0.25) is 0 Å². The summed E-state index contributed by atoms with van der Waals surface area (Å²) in [6.07, 6.45) is 0.973. The molecule has 2 aliphatic heterocycles. The Bertz CT molecular complexity index is 1300. The number of carbonyl (C=O) groups is 1. The van der Waals surface area contributed by atoms with E-state index in [1.807, 2.05) is 0 Å². The minimum atomic E-state index is -4.97. The lowest BCUT2D eigenvalue weighted by molar-refractivity contribution is 0.146. The van der Waals surface area contributed by atoms with Gasteiger partial charge in [-0.2, -0.15) is 8.78 Å². The summed E-state index contributed by atoms with van der Waals surface area (Å²) in [6, 6.07) is 6.29. The highest BCUT2D eigenvalue weighted by molar-refractivity contribution is 7.89. The number of hydrogen-bond donors (Lipinski definition) is 1. The molecule has 5 rings (SSSR count). The second kappa shape index (κ2) is 8.91. The van der Waals surface area contributed by atoms with Crippen molar-refractivity contribution in [2.24, 2.45) is 5.41 Å². The lowest BCUT2D eigenvalue weighted by atomic mass is 9.91. The van der Waals surface area contributed by atoms with E-state index in [9.17, 15) is 26.4 Å². The van der Waals surface area contributed by atoms with Crippen molar-refractivity contribution in [3.05, 3.63) is 53.6 Å². The highest BCUT2D eigenvalue weighted by Crippen LogP contribution is 2.56. The molecule has 0 radical (unpaired) electrons. The SMILES string of the molecule is CN1CCOc2c(F)cccc2-c2cccc(c2F)C[C@H]2[C@@H](NS(=O)(=O)C(F)F)C3(CC3)CN2C1=O. The van der Waals surface area contributed by atoms with Crippen molar-refractivity contribution in [2.75, 3.05) is 26.7 Å². The van der Waals surface area contributed by atoms with Gasteiger partial charge in [0, 0.05) is 30.1 Å². The number of amides is 2. The number of ether oxygens (including phenoxy) is 1. The van der Waals surface area contributed by atoms with E-state index in [2.05, 4.69) is 4.72 Å². The molecular formula is C24H25F4N3O4S. The maximum Gasteiger partial charge on any atom is 0.350 e. The number of para-hydroxylation sites is 1. The second-order valence-corrected chi connectivity index (χ2v) is 11.3. The van der Waals surface area contributed by atoms with Gasteiger partial charge in [0.25, 0.3) is 10.0 Å². The predicted octanol–water partition coefficient (Wildman–Crippen LogP) is 3.59. The van der Waals surface area contributed by atoms with Crippen molar-refractivity contribution in [1.82, 2.24) is 14.5 Å². The molecule has 7 nitrogen and oxygen atoms in total. The molecule has 2 atom stereocenters. The first-order chi connectivity index (χ1) is 17.0. The van der Waals surface area contributed by atoms with E-state index in [1.165, 1.54) is 47.2 Å². The average molecular weight is 528 g/mol. The highest BCUT2D eigenvalue weighted by Gasteiger charge is 2.62. The van der Waals surface area contributed by atoms with Crippen molar-refractivity contribution in [2.45, 2.75) is 37.1 Å². The normalized spacial score (nSPS) is 23.4. The summed E-state index contributed by atoms with van der Waals surface area (Å²) in [7, 11) is -3.45. The molecule has 2 aromatic carbocycles. The number of hydrogen-bond acceptors (Lipinski definition) is 4. The Hall–Kier alpha value is -2.86. The summed E-state index contributed by atoms with van der Waals surface area (Å²) < 4.78 is 89.1. The number of alkyl halides is 2. The number of benzene rings is 2. The Morgan fingerprint density at radius 1 is 1.11 bits per heavy atom. The van der Waals surface area contributed by atoms with Crippen molar-refractivity contribution in [3.63, 3.8) is 0 Å². The van der Waals surface area contributed by atoms with Gasteiger partial charge < -0.3 is 14.5 Å². The zero-order chi connectivity index (χ0) is 25.8. The topological polar surface area (TPSA) is 79.0 Å². The molecule has 12 heteroatoms. The monoisotopic (exact) mass is 527 g/mol. The van der Waals surface area contributed by atoms with Gasteiger partial charge in [-0.15, -0.1) is 0 Å². The van der Waals surface area contributed by atoms with E-state index < -0.39 is 50.9 Å². The van der Waals surface area contributed by atoms with E-state index in [-0.39, 0.29) is 48.6 Å². The minimum Gasteiger partial charge on any atom is -0.488 e. The van der Waals surface area contributed by atoms with Crippen LogP contribution in [0.3, 0.4) is 0 Å². The number of nitrogens with one attached hydrogen (secondary N) is 1. The molecule has 1 N–H and O–H groups in total. The first-order valence-corrected chi connectivity index (χ1v) is 13.1. The van der Waals surface area contributed by atoms with Crippen LogP contribution in [0.25, 0.3) is 11.1 Å². The van der Waals surface area contributed by atoms with Gasteiger partial charge in [-0.05, 0) is 30.9 Å². The third kappa shape index (κ3) is 4.19. The third-order valence-electron chi connectivity index (χ3n) is 7.36. The molecule has 2 fully saturated rings. The maximum absolute atomic E-state index is 15.8. The summed E-state index contributed by atoms with van der Waals surface area (Å²) >= 11 is 0. The van der Waals surface area contributed by atoms with Gasteiger partial charge >= 0.3 is 11.8 Å². The van der Waals surface area contributed by atoms with E-state index >= 15 is 4.39 Å². The molecule has 1 saturated heterocycles. The summed E-state index contributed by atoms with van der Waals surface area (Å²) in [5.41, 5.74) is -0.275. The Balaban J connectivity index is 1.62. The number of carbonyl (C=O) groups excluding carboxylic acids is 1. The standard InChI is InChI=1S/C24H25F4N3O4S/c1-30-10-11-35-20-16(6-3-7-17(20)25)15-5-2-4-14(19(15)26)12-18-21(29-36(33,34)22(27)28)24(8-9-24)13-31(18)23(30)32/h2-7,18,21-22,29H,8-13H2,1H3/t18-,21+/m0/s1. The number of urea groups is 1. The first kappa shape index (κ1) is 24.8. The van der Waals surface area contributed by atoms with Crippen LogP contribution in [0.15, 0.2) is 36.4 Å². The number of rotatable bonds is 3. The number of fused-ring (bicyclic) bond motifs is 5. The van der Waals surface area contributed by atoms with E-state index in [4.69, 9.17) is 4.74 Å². The number of likely N-dealkylation sites (N-methyl/N-ethyl adjacent to an activating group) is 1. The molecule has 2 amide bonds. The summed E-state index contributed by atoms with van der Waals surface area (Å²) in [6.45, 7) is 0.132. The van der Waals surface area contributed by atoms with Crippen molar-refractivity contribution in [3.8, 4) is 16.9 Å². The highest BCUT2D eigenvalue weighted by atomic mass is 32.2. The van der Waals surface area contributed by atoms with Gasteiger partial charge in [0.1, 0.15) is 12.4 Å². The zero-order valence-electron chi connectivity index (χ0n) is 19.4. The maximum atomic E-state index is 15.8. The van der Waals surface area contributed by atoms with Crippen molar-refractivity contribution in [1.29, 1.82) is 0 Å². The van der Waals surface area contributed by atoms with Crippen LogP contribution >= 0.6 is 0 Å². The molecule has 0 unspecified atom stereocenters. The average Bonchev–Trinajstić information content (AvgIpc) is 3.55. The first-order valence-electron chi connectivity index (χ1n) is 11.5. The number of halogens is 4. The van der Waals surface area contributed by atoms with E-state index in [0.29, 0.717) is 12.8 Å². The molecule has 36 heavy (non-hydrogen) atoms. The smallest absolute Gasteiger partial charge is 0.350 e. The van der Waals surface area contributed by atoms with Gasteiger partial charge in [-0.3, -0.25) is 0 Å². The number of nitrogens with zero attached hydrogens (tertiary/aromatic N) is 2. The second-order valence-electron chi connectivity index (χ2n) is 9.61. The Kier molecular flexibility index (Phi) is 6.14. The van der Waals surface area contributed by atoms with Crippen LogP contribution in [-0.2, 0) is 16.4 Å². The molecule has 194 valence electrons. The fourth-order valence-corrected chi connectivity index (χ4v) is 6.14. The summed E-state index contributed by atoms with van der Waals surface area (Å²) in [5, 5.41) is 0. The number of sulfonamides is 1. The van der Waals surface area contributed by atoms with E-state index in [1.54, 1.807) is 6.07 Å².